The van der Waals surface area contributed by atoms with Crippen molar-refractivity contribution in [3.63, 3.8) is 0 Å². The molecule has 0 aromatic heterocycles. The van der Waals surface area contributed by atoms with Gasteiger partial charge in [-0.15, -0.1) is 0 Å². The van der Waals surface area contributed by atoms with Gasteiger partial charge in [0.05, 0.1) is 19.7 Å². The van der Waals surface area contributed by atoms with Crippen LogP contribution >= 0.6 is 0 Å². The molecule has 1 fully saturated rings. The van der Waals surface area contributed by atoms with Gasteiger partial charge in [0, 0.05) is 38.3 Å². The van der Waals surface area contributed by atoms with Crippen molar-refractivity contribution in [2.24, 2.45) is 0 Å². The molecule has 1 aliphatic rings. The van der Waals surface area contributed by atoms with Gasteiger partial charge in [0.15, 0.2) is 0 Å². The Hall–Kier alpha value is -2.37. The summed E-state index contributed by atoms with van der Waals surface area (Å²) in [6.45, 7) is 7.24. The zero-order valence-electron chi connectivity index (χ0n) is 16.2. The molecule has 0 aliphatic carbocycles. The van der Waals surface area contributed by atoms with Gasteiger partial charge in [-0.2, -0.15) is 0 Å². The normalized spacial score (nSPS) is 16.7. The molecule has 5 heteroatoms. The monoisotopic (exact) mass is 367 g/mol. The van der Waals surface area contributed by atoms with Crippen molar-refractivity contribution in [3.05, 3.63) is 65.7 Å². The molecule has 1 saturated heterocycles. The minimum Gasteiger partial charge on any atom is -0.496 e. The number of para-hydroxylation sites is 1. The molecule has 144 valence electrons. The Kier molecular flexibility index (Phi) is 6.85. The van der Waals surface area contributed by atoms with Gasteiger partial charge in [0.25, 0.3) is 0 Å². The molecule has 1 aliphatic heterocycles. The first kappa shape index (κ1) is 19.4. The summed E-state index contributed by atoms with van der Waals surface area (Å²) in [5.74, 6) is 0.866. The lowest BCUT2D eigenvalue weighted by molar-refractivity contribution is -0.123. The van der Waals surface area contributed by atoms with Gasteiger partial charge in [0.2, 0.25) is 5.91 Å². The van der Waals surface area contributed by atoms with Crippen LogP contribution in [-0.2, 0) is 11.3 Å². The summed E-state index contributed by atoms with van der Waals surface area (Å²) >= 11 is 0. The van der Waals surface area contributed by atoms with Crippen molar-refractivity contribution in [2.45, 2.75) is 19.5 Å². The van der Waals surface area contributed by atoms with E-state index in [9.17, 15) is 4.79 Å². The molecule has 1 unspecified atom stereocenters. The van der Waals surface area contributed by atoms with Crippen LogP contribution in [0.5, 0.6) is 5.75 Å². The number of ether oxygens (including phenoxy) is 1. The molecular formula is C22H29N3O2. The van der Waals surface area contributed by atoms with E-state index in [1.807, 2.05) is 37.3 Å². The third-order valence-corrected chi connectivity index (χ3v) is 5.06. The predicted molar refractivity (Wildman–Crippen MR) is 108 cm³/mol. The number of hydrogen-bond donors (Lipinski definition) is 1. The summed E-state index contributed by atoms with van der Waals surface area (Å²) in [6.07, 6.45) is 0. The second-order valence-electron chi connectivity index (χ2n) is 7.07. The Morgan fingerprint density at radius 1 is 1.00 bits per heavy atom. The first-order chi connectivity index (χ1) is 13.2. The molecule has 1 amide bonds. The number of nitrogens with one attached hydrogen (secondary N) is 1. The fourth-order valence-corrected chi connectivity index (χ4v) is 3.54. The first-order valence-corrected chi connectivity index (χ1v) is 9.56. The van der Waals surface area contributed by atoms with Crippen LogP contribution in [0.3, 0.4) is 0 Å². The van der Waals surface area contributed by atoms with Crippen LogP contribution in [0.4, 0.5) is 0 Å². The summed E-state index contributed by atoms with van der Waals surface area (Å²) in [6, 6.07) is 18.3. The number of carbonyl (C=O) groups excluding carboxylic acids is 1. The number of amides is 1. The Morgan fingerprint density at radius 2 is 1.63 bits per heavy atom. The highest BCUT2D eigenvalue weighted by molar-refractivity contribution is 5.78. The summed E-state index contributed by atoms with van der Waals surface area (Å²) in [5, 5.41) is 3.10. The maximum atomic E-state index is 12.5. The number of piperazine rings is 1. The number of rotatable bonds is 7. The lowest BCUT2D eigenvalue weighted by Crippen LogP contribution is -2.49. The standard InChI is InChI=1S/C22H29N3O2/c1-18(20-10-6-7-11-21(20)27-2)23-22(26)17-25-14-12-24(13-15-25)16-19-8-4-3-5-9-19/h3-11,18H,12-17H2,1-2H3,(H,23,26). The molecule has 0 saturated carbocycles. The molecule has 5 nitrogen and oxygen atoms in total. The summed E-state index contributed by atoms with van der Waals surface area (Å²) in [4.78, 5) is 17.1. The maximum absolute atomic E-state index is 12.5. The Morgan fingerprint density at radius 3 is 2.33 bits per heavy atom. The fraction of sp³-hybridized carbons (Fsp3) is 0.409. The number of nitrogens with zero attached hydrogens (tertiary/aromatic N) is 2. The molecule has 0 radical (unpaired) electrons. The molecule has 27 heavy (non-hydrogen) atoms. The van der Waals surface area contributed by atoms with Gasteiger partial charge in [-0.3, -0.25) is 14.6 Å². The highest BCUT2D eigenvalue weighted by Crippen LogP contribution is 2.24. The van der Waals surface area contributed by atoms with Gasteiger partial charge in [-0.1, -0.05) is 48.5 Å². The van der Waals surface area contributed by atoms with Crippen molar-refractivity contribution >= 4 is 5.91 Å². The highest BCUT2D eigenvalue weighted by atomic mass is 16.5. The SMILES string of the molecule is COc1ccccc1C(C)NC(=O)CN1CCN(Cc2ccccc2)CC1. The van der Waals surface area contributed by atoms with Crippen LogP contribution in [0, 0.1) is 0 Å². The van der Waals surface area contributed by atoms with Crippen LogP contribution in [0.15, 0.2) is 54.6 Å². The number of hydrogen-bond acceptors (Lipinski definition) is 4. The second-order valence-corrected chi connectivity index (χ2v) is 7.07. The Bertz CT molecular complexity index is 727. The zero-order chi connectivity index (χ0) is 19.1. The van der Waals surface area contributed by atoms with E-state index in [0.29, 0.717) is 6.54 Å². The van der Waals surface area contributed by atoms with Gasteiger partial charge in [0.1, 0.15) is 5.75 Å². The van der Waals surface area contributed by atoms with Crippen molar-refractivity contribution in [1.29, 1.82) is 0 Å². The number of benzene rings is 2. The van der Waals surface area contributed by atoms with Gasteiger partial charge in [-0.05, 0) is 18.6 Å². The van der Waals surface area contributed by atoms with Gasteiger partial charge in [-0.25, -0.2) is 0 Å². The summed E-state index contributed by atoms with van der Waals surface area (Å²) in [7, 11) is 1.66. The van der Waals surface area contributed by atoms with Crippen LogP contribution in [0.1, 0.15) is 24.1 Å². The molecule has 3 rings (SSSR count). The van der Waals surface area contributed by atoms with E-state index in [1.54, 1.807) is 7.11 Å². The molecule has 1 heterocycles. The van der Waals surface area contributed by atoms with Crippen molar-refractivity contribution in [3.8, 4) is 5.75 Å². The number of methoxy groups -OCH3 is 1. The largest absolute Gasteiger partial charge is 0.496 e. The topological polar surface area (TPSA) is 44.8 Å². The summed E-state index contributed by atoms with van der Waals surface area (Å²) in [5.41, 5.74) is 2.34. The number of carbonyl (C=O) groups is 1. The quantitative estimate of drug-likeness (QED) is 0.817. The van der Waals surface area contributed by atoms with E-state index in [-0.39, 0.29) is 11.9 Å². The van der Waals surface area contributed by atoms with E-state index >= 15 is 0 Å². The van der Waals surface area contributed by atoms with Crippen molar-refractivity contribution < 1.29 is 9.53 Å². The van der Waals surface area contributed by atoms with Crippen LogP contribution < -0.4 is 10.1 Å². The molecule has 0 bridgehead atoms. The average molecular weight is 367 g/mol. The van der Waals surface area contributed by atoms with E-state index in [2.05, 4.69) is 39.4 Å². The molecular weight excluding hydrogens is 338 g/mol. The van der Waals surface area contributed by atoms with Crippen molar-refractivity contribution in [2.75, 3.05) is 39.8 Å². The highest BCUT2D eigenvalue weighted by Gasteiger charge is 2.20. The average Bonchev–Trinajstić information content (AvgIpc) is 2.70. The first-order valence-electron chi connectivity index (χ1n) is 9.56. The van der Waals surface area contributed by atoms with Crippen LogP contribution in [0.2, 0.25) is 0 Å². The molecule has 1 atom stereocenters. The second kappa shape index (κ2) is 9.53. The Labute approximate surface area is 161 Å². The third-order valence-electron chi connectivity index (χ3n) is 5.06. The van der Waals surface area contributed by atoms with E-state index in [1.165, 1.54) is 5.56 Å². The zero-order valence-corrected chi connectivity index (χ0v) is 16.2. The van der Waals surface area contributed by atoms with E-state index in [4.69, 9.17) is 4.74 Å². The van der Waals surface area contributed by atoms with Crippen LogP contribution in [0.25, 0.3) is 0 Å². The molecule has 1 N–H and O–H groups in total. The third kappa shape index (κ3) is 5.55. The molecule has 2 aromatic carbocycles. The minimum atomic E-state index is -0.0759. The lowest BCUT2D eigenvalue weighted by Gasteiger charge is -2.34. The van der Waals surface area contributed by atoms with E-state index in [0.717, 1.165) is 44.0 Å². The lowest BCUT2D eigenvalue weighted by atomic mass is 10.1. The molecule has 0 spiro atoms. The van der Waals surface area contributed by atoms with Gasteiger partial charge >= 0.3 is 0 Å². The maximum Gasteiger partial charge on any atom is 0.234 e. The van der Waals surface area contributed by atoms with E-state index < -0.39 is 0 Å². The smallest absolute Gasteiger partial charge is 0.234 e. The predicted octanol–water partition coefficient (Wildman–Crippen LogP) is 2.69. The Balaban J connectivity index is 1.44. The van der Waals surface area contributed by atoms with Gasteiger partial charge < -0.3 is 10.1 Å². The van der Waals surface area contributed by atoms with Crippen LogP contribution in [-0.4, -0.2) is 55.5 Å². The summed E-state index contributed by atoms with van der Waals surface area (Å²) < 4.78 is 5.39. The van der Waals surface area contributed by atoms with Crippen molar-refractivity contribution in [1.82, 2.24) is 15.1 Å². The minimum absolute atomic E-state index is 0.0601. The fourth-order valence-electron chi connectivity index (χ4n) is 3.54. The molecule has 2 aromatic rings.